The first-order chi connectivity index (χ1) is 12.8. The third-order valence-electron chi connectivity index (χ3n) is 3.62. The average Bonchev–Trinajstić information content (AvgIpc) is 2.56. The Labute approximate surface area is 164 Å². The summed E-state index contributed by atoms with van der Waals surface area (Å²) in [4.78, 5) is 36.0. The molecule has 0 radical (unpaired) electrons. The van der Waals surface area contributed by atoms with Gasteiger partial charge in [0.15, 0.2) is 6.04 Å². The summed E-state index contributed by atoms with van der Waals surface area (Å²) in [6, 6.07) is 6.80. The van der Waals surface area contributed by atoms with E-state index in [0.717, 1.165) is 0 Å². The lowest BCUT2D eigenvalue weighted by molar-refractivity contribution is -0.159. The smallest absolute Gasteiger partial charge is 0.329 e. The Kier molecular flexibility index (Phi) is 7.56. The van der Waals surface area contributed by atoms with Gasteiger partial charge in [-0.1, -0.05) is 13.8 Å². The predicted octanol–water partition coefficient (Wildman–Crippen LogP) is 2.26. The largest absolute Gasteiger partial charge is 0.491 e. The fourth-order valence-electron chi connectivity index (χ4n) is 2.15. The van der Waals surface area contributed by atoms with Gasteiger partial charge in [0.05, 0.1) is 23.5 Å². The van der Waals surface area contributed by atoms with Gasteiger partial charge >= 0.3 is 11.9 Å². The van der Waals surface area contributed by atoms with Crippen LogP contribution in [0.3, 0.4) is 0 Å². The second kappa shape index (κ2) is 9.22. The Morgan fingerprint density at radius 2 is 1.71 bits per heavy atom. The van der Waals surface area contributed by atoms with Crippen LogP contribution in [0.1, 0.15) is 46.6 Å². The van der Waals surface area contributed by atoms with Crippen molar-refractivity contribution in [1.29, 1.82) is 5.26 Å². The van der Waals surface area contributed by atoms with Crippen molar-refractivity contribution in [2.45, 2.75) is 52.7 Å². The van der Waals surface area contributed by atoms with Gasteiger partial charge in [0.25, 0.3) is 0 Å². The maximum Gasteiger partial charge on any atom is 0.329 e. The van der Waals surface area contributed by atoms with Gasteiger partial charge in [-0.2, -0.15) is 5.26 Å². The summed E-state index contributed by atoms with van der Waals surface area (Å²) < 4.78 is 10.6. The number of carbonyl (C=O) groups excluding carboxylic acids is 2. The highest BCUT2D eigenvalue weighted by atomic mass is 16.6. The fourth-order valence-corrected chi connectivity index (χ4v) is 2.15. The Morgan fingerprint density at radius 1 is 1.14 bits per heavy atom. The van der Waals surface area contributed by atoms with E-state index in [1.165, 1.54) is 38.1 Å². The number of hydrogen-bond donors (Lipinski definition) is 2. The second-order valence-corrected chi connectivity index (χ2v) is 7.96. The number of ether oxygens (including phenoxy) is 2. The van der Waals surface area contributed by atoms with Gasteiger partial charge in [0, 0.05) is 0 Å². The van der Waals surface area contributed by atoms with Crippen LogP contribution in [-0.2, 0) is 19.1 Å². The Balaban J connectivity index is 2.70. The molecule has 0 unspecified atom stereocenters. The zero-order valence-corrected chi connectivity index (χ0v) is 16.7. The third-order valence-corrected chi connectivity index (χ3v) is 3.62. The average molecular weight is 390 g/mol. The third kappa shape index (κ3) is 7.66. The first kappa shape index (κ1) is 23.0. The van der Waals surface area contributed by atoms with Crippen molar-refractivity contribution in [3.8, 4) is 11.8 Å². The van der Waals surface area contributed by atoms with Crippen LogP contribution in [0.15, 0.2) is 24.3 Å². The van der Waals surface area contributed by atoms with Crippen LogP contribution < -0.4 is 10.1 Å². The molecule has 0 aliphatic heterocycles. The monoisotopic (exact) mass is 390 g/mol. The summed E-state index contributed by atoms with van der Waals surface area (Å²) >= 11 is 0. The molecule has 1 aromatic rings. The predicted molar refractivity (Wildman–Crippen MR) is 100 cm³/mol. The zero-order valence-electron chi connectivity index (χ0n) is 16.7. The van der Waals surface area contributed by atoms with E-state index in [9.17, 15) is 19.5 Å². The van der Waals surface area contributed by atoms with Crippen molar-refractivity contribution in [3.63, 3.8) is 0 Å². The zero-order chi connectivity index (χ0) is 21.5. The number of aliphatic carboxylic acids is 1. The molecule has 1 rings (SSSR count). The van der Waals surface area contributed by atoms with Crippen molar-refractivity contribution in [2.24, 2.45) is 5.41 Å². The van der Waals surface area contributed by atoms with E-state index in [2.05, 4.69) is 5.32 Å². The highest BCUT2D eigenvalue weighted by Crippen LogP contribution is 2.23. The summed E-state index contributed by atoms with van der Waals surface area (Å²) in [5.74, 6) is -2.05. The summed E-state index contributed by atoms with van der Waals surface area (Å²) in [5.41, 5.74) is -1.40. The number of nitrogens with zero attached hydrogens (tertiary/aromatic N) is 1. The molecule has 152 valence electrons. The Hall–Kier alpha value is -3.08. The summed E-state index contributed by atoms with van der Waals surface area (Å²) in [5, 5.41) is 20.5. The van der Waals surface area contributed by atoms with E-state index in [-0.39, 0.29) is 13.0 Å². The highest BCUT2D eigenvalue weighted by Gasteiger charge is 2.35. The molecule has 0 bridgehead atoms. The first-order valence-corrected chi connectivity index (χ1v) is 8.72. The molecule has 0 aliphatic rings. The number of nitrogens with one attached hydrogen (secondary N) is 1. The molecular weight excluding hydrogens is 364 g/mol. The van der Waals surface area contributed by atoms with Gasteiger partial charge in [0.1, 0.15) is 18.0 Å². The summed E-state index contributed by atoms with van der Waals surface area (Å²) in [7, 11) is 0. The van der Waals surface area contributed by atoms with Crippen molar-refractivity contribution in [2.75, 3.05) is 6.61 Å². The number of esters is 1. The molecular formula is C20H26N2O6. The number of benzene rings is 1. The molecule has 28 heavy (non-hydrogen) atoms. The van der Waals surface area contributed by atoms with E-state index in [0.29, 0.717) is 11.3 Å². The van der Waals surface area contributed by atoms with Crippen molar-refractivity contribution in [1.82, 2.24) is 5.32 Å². The van der Waals surface area contributed by atoms with Gasteiger partial charge in [-0.05, 0) is 45.0 Å². The number of nitriles is 1. The van der Waals surface area contributed by atoms with Gasteiger partial charge in [-0.3, -0.25) is 9.59 Å². The maximum absolute atomic E-state index is 12.5. The minimum Gasteiger partial charge on any atom is -0.491 e. The van der Waals surface area contributed by atoms with E-state index >= 15 is 0 Å². The molecule has 0 heterocycles. The van der Waals surface area contributed by atoms with E-state index < -0.39 is 34.9 Å². The van der Waals surface area contributed by atoms with Crippen LogP contribution in [0.5, 0.6) is 5.75 Å². The molecule has 8 nitrogen and oxygen atoms in total. The number of rotatable bonds is 8. The molecule has 2 N–H and O–H groups in total. The van der Waals surface area contributed by atoms with Crippen molar-refractivity contribution in [3.05, 3.63) is 29.8 Å². The van der Waals surface area contributed by atoms with Crippen LogP contribution in [0, 0.1) is 16.7 Å². The summed E-state index contributed by atoms with van der Waals surface area (Å²) in [6.07, 6.45) is -0.196. The molecule has 0 fully saturated rings. The maximum atomic E-state index is 12.5. The van der Waals surface area contributed by atoms with Gasteiger partial charge in [0.2, 0.25) is 5.91 Å². The lowest BCUT2D eigenvalue weighted by atomic mass is 9.88. The first-order valence-electron chi connectivity index (χ1n) is 8.72. The lowest BCUT2D eigenvalue weighted by Crippen LogP contribution is -2.50. The van der Waals surface area contributed by atoms with Gasteiger partial charge in [-0.25, -0.2) is 4.79 Å². The van der Waals surface area contributed by atoms with Crippen molar-refractivity contribution >= 4 is 17.8 Å². The molecule has 0 spiro atoms. The minimum absolute atomic E-state index is 0.196. The molecule has 0 saturated heterocycles. The quantitative estimate of drug-likeness (QED) is 0.652. The number of hydrogen-bond acceptors (Lipinski definition) is 6. The number of carbonyl (C=O) groups is 3. The van der Waals surface area contributed by atoms with Crippen LogP contribution in [0.2, 0.25) is 0 Å². The summed E-state index contributed by atoms with van der Waals surface area (Å²) in [6.45, 7) is 7.92. The SMILES string of the molecule is CC(C)(C)OC(=O)CC(C)(C)C(=O)N[C@H](COc1ccc(C#N)cc1)C(=O)O. The second-order valence-electron chi connectivity index (χ2n) is 7.96. The number of carboxylic acid groups (broad SMARTS) is 1. The molecule has 0 aliphatic carbocycles. The number of carboxylic acids is 1. The molecule has 0 saturated carbocycles. The van der Waals surface area contributed by atoms with Gasteiger partial charge < -0.3 is 19.9 Å². The van der Waals surface area contributed by atoms with Crippen LogP contribution >= 0.6 is 0 Å². The standard InChI is InChI=1S/C20H26N2O6/c1-19(2,3)28-16(23)10-20(4,5)18(26)22-15(17(24)25)12-27-14-8-6-13(11-21)7-9-14/h6-9,15H,10,12H2,1-5H3,(H,22,26)(H,24,25)/t15-/m1/s1. The highest BCUT2D eigenvalue weighted by molar-refractivity contribution is 5.90. The molecule has 8 heteroatoms. The lowest BCUT2D eigenvalue weighted by Gasteiger charge is -2.27. The van der Waals surface area contributed by atoms with Crippen LogP contribution in [0.25, 0.3) is 0 Å². The molecule has 1 aromatic carbocycles. The fraction of sp³-hybridized carbons (Fsp3) is 0.500. The van der Waals surface area contributed by atoms with Gasteiger partial charge in [-0.15, -0.1) is 0 Å². The Morgan fingerprint density at radius 3 is 2.18 bits per heavy atom. The van der Waals surface area contributed by atoms with Crippen LogP contribution in [-0.4, -0.2) is 41.2 Å². The topological polar surface area (TPSA) is 126 Å². The molecule has 0 aromatic heterocycles. The minimum atomic E-state index is -1.30. The van der Waals surface area contributed by atoms with E-state index in [4.69, 9.17) is 14.7 Å². The molecule has 1 amide bonds. The molecule has 1 atom stereocenters. The normalized spacial score (nSPS) is 12.4. The van der Waals surface area contributed by atoms with E-state index in [1.807, 2.05) is 6.07 Å². The van der Waals surface area contributed by atoms with Crippen molar-refractivity contribution < 1.29 is 29.0 Å². The number of amides is 1. The van der Waals surface area contributed by atoms with Crippen LogP contribution in [0.4, 0.5) is 0 Å². The Bertz CT molecular complexity index is 756. The van der Waals surface area contributed by atoms with E-state index in [1.54, 1.807) is 20.8 Å².